The third kappa shape index (κ3) is 3.34. The molecule has 0 spiro atoms. The molecule has 0 radical (unpaired) electrons. The van der Waals surface area contributed by atoms with Gasteiger partial charge in [0.05, 0.1) is 11.6 Å². The zero-order valence-corrected chi connectivity index (χ0v) is 20.6. The number of rotatable bonds is 3. The number of Topliss-reactive ketones (excluding diaryl/α,β-unsaturated/α-hetero) is 2. The predicted molar refractivity (Wildman–Crippen MR) is 134 cm³/mol. The molecule has 0 aliphatic heterocycles. The minimum atomic E-state index is -2.64. The Kier molecular flexibility index (Phi) is 5.54. The number of likely N-dealkylation sites (N-methyl/N-ethyl adjacent to an activating group) is 1. The monoisotopic (exact) mass is 504 g/mol. The van der Waals surface area contributed by atoms with Crippen molar-refractivity contribution in [2.45, 2.75) is 31.4 Å². The molecule has 3 aliphatic rings. The Bertz CT molecular complexity index is 1450. The average Bonchev–Trinajstić information content (AvgIpc) is 2.81. The average molecular weight is 505 g/mol. The van der Waals surface area contributed by atoms with Crippen LogP contribution in [-0.4, -0.2) is 68.5 Å². The van der Waals surface area contributed by atoms with Crippen LogP contribution < -0.4 is 5.73 Å². The van der Waals surface area contributed by atoms with Crippen LogP contribution in [0.4, 0.5) is 0 Å². The number of hydrogen-bond acceptors (Lipinski definition) is 8. The summed E-state index contributed by atoms with van der Waals surface area (Å²) in [6.07, 6.45) is 0.293. The van der Waals surface area contributed by atoms with Crippen molar-refractivity contribution in [2.75, 3.05) is 14.1 Å². The molecule has 0 heterocycles. The summed E-state index contributed by atoms with van der Waals surface area (Å²) in [4.78, 5) is 40.6. The lowest BCUT2D eigenvalue weighted by molar-refractivity contribution is -0.153. The number of nitrogens with two attached hydrogens (primary N) is 1. The van der Waals surface area contributed by atoms with E-state index < -0.39 is 58.0 Å². The fraction of sp³-hybridized carbons (Fsp3) is 0.321. The Morgan fingerprint density at radius 2 is 1.81 bits per heavy atom. The molecule has 2 aromatic rings. The number of nitrogens with zero attached hydrogens (tertiary/aromatic N) is 1. The van der Waals surface area contributed by atoms with E-state index in [0.717, 1.165) is 16.7 Å². The fourth-order valence-electron chi connectivity index (χ4n) is 6.33. The van der Waals surface area contributed by atoms with E-state index in [9.17, 15) is 34.8 Å². The first-order valence-electron chi connectivity index (χ1n) is 12.0. The normalized spacial score (nSPS) is 27.2. The first-order valence-corrected chi connectivity index (χ1v) is 12.0. The summed E-state index contributed by atoms with van der Waals surface area (Å²) in [6.45, 7) is 1.95. The summed E-state index contributed by atoms with van der Waals surface area (Å²) in [7, 11) is 3.14. The van der Waals surface area contributed by atoms with Crippen LogP contribution >= 0.6 is 0 Å². The van der Waals surface area contributed by atoms with Crippen molar-refractivity contribution in [1.82, 2.24) is 4.90 Å². The van der Waals surface area contributed by atoms with Gasteiger partial charge in [0.15, 0.2) is 11.4 Å². The summed E-state index contributed by atoms with van der Waals surface area (Å²) >= 11 is 0. The van der Waals surface area contributed by atoms with Crippen molar-refractivity contribution in [3.05, 3.63) is 70.0 Å². The number of ketones is 2. The topological polar surface area (TPSA) is 161 Å². The van der Waals surface area contributed by atoms with Crippen molar-refractivity contribution in [1.29, 1.82) is 0 Å². The number of amides is 1. The molecule has 0 aromatic heterocycles. The summed E-state index contributed by atoms with van der Waals surface area (Å²) in [5, 5.41) is 44.6. The van der Waals surface area contributed by atoms with E-state index in [1.165, 1.54) is 11.0 Å². The number of phenols is 1. The second-order valence-electron chi connectivity index (χ2n) is 10.3. The highest BCUT2D eigenvalue weighted by molar-refractivity contribution is 6.24. The van der Waals surface area contributed by atoms with Crippen LogP contribution in [0, 0.1) is 18.8 Å². The van der Waals surface area contributed by atoms with E-state index in [4.69, 9.17) is 5.73 Å². The first-order chi connectivity index (χ1) is 17.4. The van der Waals surface area contributed by atoms with E-state index in [1.807, 2.05) is 31.2 Å². The summed E-state index contributed by atoms with van der Waals surface area (Å²) in [5.41, 5.74) is 5.10. The Balaban J connectivity index is 1.75. The van der Waals surface area contributed by atoms with Gasteiger partial charge < -0.3 is 26.2 Å². The molecule has 0 unspecified atom stereocenters. The van der Waals surface area contributed by atoms with E-state index in [2.05, 4.69) is 0 Å². The van der Waals surface area contributed by atoms with E-state index >= 15 is 0 Å². The molecule has 1 amide bonds. The molecular weight excluding hydrogens is 476 g/mol. The van der Waals surface area contributed by atoms with Gasteiger partial charge in [-0.3, -0.25) is 19.3 Å². The maximum Gasteiger partial charge on any atom is 0.255 e. The van der Waals surface area contributed by atoms with E-state index in [1.54, 1.807) is 20.2 Å². The molecule has 4 atom stereocenters. The lowest BCUT2D eigenvalue weighted by Gasteiger charge is -2.50. The maximum absolute atomic E-state index is 13.9. The Labute approximate surface area is 213 Å². The standard InChI is InChI=1S/C28H28N2O7/c1-12-5-4-6-13(9-12)15-7-8-18(31)20-16(15)10-14-11-17-22(30(2)3)24(33)21(27(29)36)26(35)28(17,37)25(34)19(14)23(20)32/h4-9,14,17,22,31-32,35,37H,10-11H2,1-3H3,(H2,29,36)/t14-,17-,22+,28-/m0/s1. The van der Waals surface area contributed by atoms with Gasteiger partial charge >= 0.3 is 0 Å². The molecule has 2 aromatic carbocycles. The quantitative estimate of drug-likeness (QED) is 0.396. The number of benzene rings is 2. The third-order valence-corrected chi connectivity index (χ3v) is 7.93. The number of phenolic OH excluding ortho intramolecular Hbond substituents is 1. The highest BCUT2D eigenvalue weighted by Crippen LogP contribution is 2.53. The molecule has 6 N–H and O–H groups in total. The first kappa shape index (κ1) is 24.7. The number of hydrogen-bond donors (Lipinski definition) is 5. The second kappa shape index (κ2) is 8.29. The van der Waals surface area contributed by atoms with Crippen molar-refractivity contribution in [2.24, 2.45) is 17.6 Å². The van der Waals surface area contributed by atoms with Crippen LogP contribution in [0.15, 0.2) is 53.3 Å². The molecule has 192 valence electrons. The van der Waals surface area contributed by atoms with Crippen LogP contribution in [-0.2, 0) is 20.8 Å². The van der Waals surface area contributed by atoms with Gasteiger partial charge in [-0.05, 0) is 62.5 Å². The molecule has 37 heavy (non-hydrogen) atoms. The second-order valence-corrected chi connectivity index (χ2v) is 10.3. The number of aryl methyl sites for hydroxylation is 1. The van der Waals surface area contributed by atoms with Crippen LogP contribution in [0.25, 0.3) is 16.9 Å². The van der Waals surface area contributed by atoms with Crippen LogP contribution in [0.2, 0.25) is 0 Å². The zero-order valence-electron chi connectivity index (χ0n) is 20.6. The molecule has 3 aliphatic carbocycles. The molecular formula is C28H28N2O7. The predicted octanol–water partition coefficient (Wildman–Crippen LogP) is 1.94. The number of carbonyl (C=O) groups is 3. The number of aliphatic hydroxyl groups excluding tert-OH is 2. The minimum absolute atomic E-state index is 0.0503. The molecule has 9 heteroatoms. The van der Waals surface area contributed by atoms with Gasteiger partial charge in [-0.15, -0.1) is 0 Å². The van der Waals surface area contributed by atoms with Gasteiger partial charge in [0, 0.05) is 11.5 Å². The van der Waals surface area contributed by atoms with Gasteiger partial charge in [0.1, 0.15) is 22.8 Å². The smallest absolute Gasteiger partial charge is 0.255 e. The van der Waals surface area contributed by atoms with E-state index in [-0.39, 0.29) is 29.7 Å². The summed E-state index contributed by atoms with van der Waals surface area (Å²) < 4.78 is 0. The molecule has 0 saturated heterocycles. The highest BCUT2D eigenvalue weighted by Gasteiger charge is 2.64. The number of aromatic hydroxyl groups is 1. The van der Waals surface area contributed by atoms with Gasteiger partial charge in [0.2, 0.25) is 5.78 Å². The number of primary amides is 1. The highest BCUT2D eigenvalue weighted by atomic mass is 16.3. The third-order valence-electron chi connectivity index (χ3n) is 7.93. The van der Waals surface area contributed by atoms with Gasteiger partial charge in [0.25, 0.3) is 5.91 Å². The Morgan fingerprint density at radius 3 is 2.43 bits per heavy atom. The van der Waals surface area contributed by atoms with Gasteiger partial charge in [-0.25, -0.2) is 0 Å². The summed E-state index contributed by atoms with van der Waals surface area (Å²) in [5.74, 6) is -6.61. The van der Waals surface area contributed by atoms with Gasteiger partial charge in [-0.1, -0.05) is 35.9 Å². The van der Waals surface area contributed by atoms with Crippen molar-refractivity contribution < 1.29 is 34.8 Å². The van der Waals surface area contributed by atoms with Crippen molar-refractivity contribution in [3.8, 4) is 16.9 Å². The molecule has 1 fully saturated rings. The fourth-order valence-corrected chi connectivity index (χ4v) is 6.33. The summed E-state index contributed by atoms with van der Waals surface area (Å²) in [6, 6.07) is 9.82. The van der Waals surface area contributed by atoms with Crippen molar-refractivity contribution >= 4 is 23.2 Å². The van der Waals surface area contributed by atoms with E-state index in [0.29, 0.717) is 5.56 Å². The molecule has 1 saturated carbocycles. The van der Waals surface area contributed by atoms with Crippen LogP contribution in [0.3, 0.4) is 0 Å². The Hall–Kier alpha value is -3.95. The molecule has 9 nitrogen and oxygen atoms in total. The largest absolute Gasteiger partial charge is 0.508 e. The maximum atomic E-state index is 13.9. The molecule has 5 rings (SSSR count). The lowest BCUT2D eigenvalue weighted by atomic mass is 9.57. The van der Waals surface area contributed by atoms with Gasteiger partial charge in [-0.2, -0.15) is 0 Å². The number of fused-ring (bicyclic) bond motifs is 3. The molecule has 0 bridgehead atoms. The minimum Gasteiger partial charge on any atom is -0.508 e. The Morgan fingerprint density at radius 1 is 1.11 bits per heavy atom. The van der Waals surface area contributed by atoms with Crippen LogP contribution in [0.1, 0.15) is 23.1 Å². The number of aliphatic hydroxyl groups is 3. The van der Waals surface area contributed by atoms with Crippen molar-refractivity contribution in [3.63, 3.8) is 0 Å². The van der Waals surface area contributed by atoms with Crippen LogP contribution in [0.5, 0.6) is 5.75 Å². The SMILES string of the molecule is Cc1cccc(-c2ccc(O)c3c2C[C@H]2C[C@H]4[C@@H](N(C)C)C(=O)C(C(N)=O)=C(O)[C@@]4(O)C(=O)C2=C3O)c1. The zero-order chi connectivity index (χ0) is 27.0. The lowest BCUT2D eigenvalue weighted by Crippen LogP contribution is -2.65. The number of carbonyl (C=O) groups excluding carboxylic acids is 3.